The molecular formula is C32H35N7O3. The van der Waals surface area contributed by atoms with E-state index in [0.717, 1.165) is 34.9 Å². The van der Waals surface area contributed by atoms with Gasteiger partial charge in [-0.2, -0.15) is 5.26 Å². The minimum atomic E-state index is -0.915. The number of likely N-dealkylation sites (tertiary alicyclic amines) is 1. The van der Waals surface area contributed by atoms with Crippen molar-refractivity contribution in [2.75, 3.05) is 30.3 Å². The number of amides is 1. The van der Waals surface area contributed by atoms with Crippen molar-refractivity contribution in [2.45, 2.75) is 39.7 Å². The van der Waals surface area contributed by atoms with E-state index in [1.54, 1.807) is 18.5 Å². The third-order valence-electron chi connectivity index (χ3n) is 7.62. The molecule has 1 aliphatic heterocycles. The highest BCUT2D eigenvalue weighted by Gasteiger charge is 2.24. The van der Waals surface area contributed by atoms with Gasteiger partial charge in [0.1, 0.15) is 5.75 Å². The molecule has 0 saturated carbocycles. The minimum absolute atomic E-state index is 0.0696. The number of fused-ring (bicyclic) bond motifs is 1. The number of anilines is 2. The van der Waals surface area contributed by atoms with Crippen molar-refractivity contribution in [1.29, 1.82) is 5.26 Å². The highest BCUT2D eigenvalue weighted by molar-refractivity contribution is 5.98. The van der Waals surface area contributed by atoms with Crippen molar-refractivity contribution < 1.29 is 14.6 Å². The van der Waals surface area contributed by atoms with Crippen LogP contribution in [0.15, 0.2) is 60.9 Å². The number of aromatic nitrogens is 3. The number of aryl methyl sites for hydroxylation is 1. The number of pyridine rings is 1. The molecular weight excluding hydrogens is 530 g/mol. The van der Waals surface area contributed by atoms with Crippen LogP contribution in [0.5, 0.6) is 11.6 Å². The monoisotopic (exact) mass is 565 g/mol. The zero-order valence-corrected chi connectivity index (χ0v) is 24.0. The number of carbonyl (C=O) groups is 1. The van der Waals surface area contributed by atoms with Crippen molar-refractivity contribution >= 4 is 28.5 Å². The standard InChI is InChI=1S/C32H35N7O3/c1-20(2)22(17-33)18-36-27-10-4-8-25-24(27)12-11-21(3)29(25)42-30-26(9-5-14-34-30)28-13-15-35-31(38-28)37-23-7-6-16-39(19-23)32(40)41/h4-5,8-15,20,22-23,36H,6-7,16,18-19H2,1-3H3,(H,40,41)(H,35,37,38)/t22?,23-/m0/s1. The number of nitrogens with one attached hydrogen (secondary N) is 2. The molecule has 1 amide bonds. The number of carboxylic acid groups (broad SMARTS) is 1. The van der Waals surface area contributed by atoms with Gasteiger partial charge in [0.25, 0.3) is 0 Å². The number of nitrogens with zero attached hydrogens (tertiary/aromatic N) is 5. The van der Waals surface area contributed by atoms with E-state index in [-0.39, 0.29) is 17.9 Å². The summed E-state index contributed by atoms with van der Waals surface area (Å²) in [7, 11) is 0. The van der Waals surface area contributed by atoms with Gasteiger partial charge < -0.3 is 25.4 Å². The quantitative estimate of drug-likeness (QED) is 0.206. The fourth-order valence-electron chi connectivity index (χ4n) is 5.17. The van der Waals surface area contributed by atoms with Gasteiger partial charge in [0, 0.05) is 54.5 Å². The molecule has 10 nitrogen and oxygen atoms in total. The molecule has 4 aromatic rings. The van der Waals surface area contributed by atoms with E-state index < -0.39 is 6.09 Å². The van der Waals surface area contributed by atoms with Crippen LogP contribution < -0.4 is 15.4 Å². The van der Waals surface area contributed by atoms with Crippen molar-refractivity contribution in [3.05, 3.63) is 66.5 Å². The summed E-state index contributed by atoms with van der Waals surface area (Å²) in [5.41, 5.74) is 3.24. The van der Waals surface area contributed by atoms with Crippen LogP contribution in [0.3, 0.4) is 0 Å². The van der Waals surface area contributed by atoms with E-state index in [1.165, 1.54) is 4.90 Å². The number of nitriles is 1. The van der Waals surface area contributed by atoms with E-state index in [0.29, 0.717) is 48.5 Å². The molecule has 3 N–H and O–H groups in total. The van der Waals surface area contributed by atoms with Crippen LogP contribution in [-0.4, -0.2) is 56.7 Å². The largest absolute Gasteiger partial charge is 0.465 e. The van der Waals surface area contributed by atoms with Crippen molar-refractivity contribution in [3.63, 3.8) is 0 Å². The smallest absolute Gasteiger partial charge is 0.407 e. The van der Waals surface area contributed by atoms with Crippen LogP contribution in [0.25, 0.3) is 22.0 Å². The lowest BCUT2D eigenvalue weighted by atomic mass is 9.97. The molecule has 1 unspecified atom stereocenters. The Balaban J connectivity index is 1.42. The molecule has 2 aromatic carbocycles. The maximum absolute atomic E-state index is 11.4. The first-order valence-electron chi connectivity index (χ1n) is 14.2. The zero-order chi connectivity index (χ0) is 29.6. The zero-order valence-electron chi connectivity index (χ0n) is 24.0. The first-order valence-corrected chi connectivity index (χ1v) is 14.2. The Bertz CT molecular complexity index is 1620. The molecule has 1 aliphatic rings. The van der Waals surface area contributed by atoms with Crippen molar-refractivity contribution in [3.8, 4) is 29.0 Å². The first kappa shape index (κ1) is 28.6. The molecule has 1 saturated heterocycles. The third-order valence-corrected chi connectivity index (χ3v) is 7.62. The predicted octanol–water partition coefficient (Wildman–Crippen LogP) is 6.55. The number of hydrogen-bond acceptors (Lipinski definition) is 8. The Kier molecular flexibility index (Phi) is 8.67. The van der Waals surface area contributed by atoms with Gasteiger partial charge >= 0.3 is 6.09 Å². The number of piperidine rings is 1. The Morgan fingerprint density at radius 1 is 1.14 bits per heavy atom. The summed E-state index contributed by atoms with van der Waals surface area (Å²) in [5.74, 6) is 1.68. The molecule has 1 fully saturated rings. The number of rotatable bonds is 9. The summed E-state index contributed by atoms with van der Waals surface area (Å²) in [6.07, 6.45) is 4.06. The third kappa shape index (κ3) is 6.36. The normalized spacial score (nSPS) is 15.7. The van der Waals surface area contributed by atoms with Gasteiger partial charge in [-0.05, 0) is 55.5 Å². The molecule has 2 atom stereocenters. The Morgan fingerprint density at radius 3 is 2.79 bits per heavy atom. The highest BCUT2D eigenvalue weighted by atomic mass is 16.5. The fourth-order valence-corrected chi connectivity index (χ4v) is 5.17. The van der Waals surface area contributed by atoms with Crippen LogP contribution in [0.1, 0.15) is 32.3 Å². The highest BCUT2D eigenvalue weighted by Crippen LogP contribution is 2.38. The van der Waals surface area contributed by atoms with E-state index in [1.807, 2.05) is 43.3 Å². The molecule has 10 heteroatoms. The molecule has 5 rings (SSSR count). The second kappa shape index (κ2) is 12.7. The Labute approximate surface area is 245 Å². The SMILES string of the molecule is Cc1ccc2c(NCC(C#N)C(C)C)cccc2c1Oc1ncccc1-c1ccnc(N[C@H]2CCCN(C(=O)O)C2)n1. The summed E-state index contributed by atoms with van der Waals surface area (Å²) in [6, 6.07) is 18.0. The number of ether oxygens (including phenoxy) is 1. The van der Waals surface area contributed by atoms with Gasteiger partial charge in [0.05, 0.1) is 23.2 Å². The lowest BCUT2D eigenvalue weighted by molar-refractivity contribution is 0.132. The summed E-state index contributed by atoms with van der Waals surface area (Å²) in [5, 5.41) is 27.6. The second-order valence-corrected chi connectivity index (χ2v) is 10.9. The van der Waals surface area contributed by atoms with Gasteiger partial charge in [0.15, 0.2) is 0 Å². The summed E-state index contributed by atoms with van der Waals surface area (Å²) >= 11 is 0. The van der Waals surface area contributed by atoms with Gasteiger partial charge in [-0.3, -0.25) is 0 Å². The summed E-state index contributed by atoms with van der Waals surface area (Å²) in [6.45, 7) is 7.58. The summed E-state index contributed by atoms with van der Waals surface area (Å²) < 4.78 is 6.53. The molecule has 3 heterocycles. The van der Waals surface area contributed by atoms with Gasteiger partial charge in [-0.1, -0.05) is 38.1 Å². The second-order valence-electron chi connectivity index (χ2n) is 10.9. The van der Waals surface area contributed by atoms with E-state index in [2.05, 4.69) is 46.6 Å². The molecule has 216 valence electrons. The Hall–Kier alpha value is -4.91. The van der Waals surface area contributed by atoms with Crippen LogP contribution in [0.4, 0.5) is 16.4 Å². The van der Waals surface area contributed by atoms with Crippen LogP contribution >= 0.6 is 0 Å². The van der Waals surface area contributed by atoms with E-state index in [9.17, 15) is 15.2 Å². The maximum atomic E-state index is 11.4. The van der Waals surface area contributed by atoms with E-state index in [4.69, 9.17) is 9.72 Å². The van der Waals surface area contributed by atoms with E-state index >= 15 is 0 Å². The Morgan fingerprint density at radius 2 is 2.00 bits per heavy atom. The molecule has 0 radical (unpaired) electrons. The average molecular weight is 566 g/mol. The van der Waals surface area contributed by atoms with Gasteiger partial charge in [-0.25, -0.2) is 19.7 Å². The lowest BCUT2D eigenvalue weighted by Crippen LogP contribution is -2.44. The average Bonchev–Trinajstić information content (AvgIpc) is 2.99. The fraction of sp³-hybridized carbons (Fsp3) is 0.344. The predicted molar refractivity (Wildman–Crippen MR) is 163 cm³/mol. The van der Waals surface area contributed by atoms with Gasteiger partial charge in [0.2, 0.25) is 11.8 Å². The maximum Gasteiger partial charge on any atom is 0.407 e. The number of hydrogen-bond donors (Lipinski definition) is 3. The molecule has 0 bridgehead atoms. The van der Waals surface area contributed by atoms with Crippen molar-refractivity contribution in [1.82, 2.24) is 19.9 Å². The molecule has 0 aliphatic carbocycles. The molecule has 42 heavy (non-hydrogen) atoms. The van der Waals surface area contributed by atoms with Crippen molar-refractivity contribution in [2.24, 2.45) is 11.8 Å². The molecule has 2 aromatic heterocycles. The minimum Gasteiger partial charge on any atom is -0.465 e. The van der Waals surface area contributed by atoms with Crippen LogP contribution in [0, 0.1) is 30.1 Å². The summed E-state index contributed by atoms with van der Waals surface area (Å²) in [4.78, 5) is 26.5. The van der Waals surface area contributed by atoms with Crippen LogP contribution in [0.2, 0.25) is 0 Å². The number of benzene rings is 2. The van der Waals surface area contributed by atoms with Crippen LogP contribution in [-0.2, 0) is 0 Å². The van der Waals surface area contributed by atoms with Gasteiger partial charge in [-0.15, -0.1) is 0 Å². The first-order chi connectivity index (χ1) is 20.3. The lowest BCUT2D eigenvalue weighted by Gasteiger charge is -2.31. The topological polar surface area (TPSA) is 136 Å². The molecule has 0 spiro atoms.